The van der Waals surface area contributed by atoms with E-state index in [0.717, 1.165) is 16.5 Å². The first-order chi connectivity index (χ1) is 16.2. The maximum absolute atomic E-state index is 12.9. The number of hydrogen-bond acceptors (Lipinski definition) is 7. The van der Waals surface area contributed by atoms with Gasteiger partial charge in [0.1, 0.15) is 17.2 Å². The highest BCUT2D eigenvalue weighted by Gasteiger charge is 2.61. The summed E-state index contributed by atoms with van der Waals surface area (Å²) in [7, 11) is 0. The molecule has 2 aliphatic rings. The summed E-state index contributed by atoms with van der Waals surface area (Å²) in [5.74, 6) is 0.383. The molecule has 0 bridgehead atoms. The number of nitrogen functional groups attached to an aromatic ring is 1. The standard InChI is InChI=1S/C27H26N2O5/c1-4-16(2)25(31)34-26(3)11-5-6-20(18-7-9-23(28)29-15-18)27(26)14-19-12-17-8-10-24(30)32-21(17)13-22(19)33-27/h4-10,12-13,15,20H,11,14H2,1-3H3,(H2,28,29). The van der Waals surface area contributed by atoms with Crippen molar-refractivity contribution in [3.8, 4) is 5.75 Å². The molecular formula is C27H26N2O5. The molecule has 0 fully saturated rings. The SMILES string of the molecule is CC=C(C)C(=O)OC1(C)CC=CC(c2ccc(N)nc2)C12Cc1cc3ccc(=O)oc3cc1O2. The number of nitrogens with two attached hydrogens (primary N) is 1. The van der Waals surface area contributed by atoms with E-state index < -0.39 is 16.8 Å². The Morgan fingerprint density at radius 2 is 2.09 bits per heavy atom. The summed E-state index contributed by atoms with van der Waals surface area (Å²) in [4.78, 5) is 29.0. The van der Waals surface area contributed by atoms with E-state index in [2.05, 4.69) is 11.1 Å². The normalized spacial score (nSPS) is 25.9. The van der Waals surface area contributed by atoms with Crippen molar-refractivity contribution in [2.45, 2.75) is 50.7 Å². The van der Waals surface area contributed by atoms with E-state index >= 15 is 0 Å². The molecule has 3 heterocycles. The van der Waals surface area contributed by atoms with E-state index in [1.807, 2.05) is 25.1 Å². The van der Waals surface area contributed by atoms with Crippen molar-refractivity contribution in [1.82, 2.24) is 4.98 Å². The third-order valence-corrected chi connectivity index (χ3v) is 7.02. The first-order valence-corrected chi connectivity index (χ1v) is 11.2. The monoisotopic (exact) mass is 458 g/mol. The zero-order valence-electron chi connectivity index (χ0n) is 19.3. The molecule has 0 saturated heterocycles. The van der Waals surface area contributed by atoms with Crippen LogP contribution in [0.4, 0.5) is 5.82 Å². The van der Waals surface area contributed by atoms with Crippen LogP contribution in [0.1, 0.15) is 44.2 Å². The summed E-state index contributed by atoms with van der Waals surface area (Å²) >= 11 is 0. The molecule has 2 N–H and O–H groups in total. The molecule has 5 rings (SSSR count). The van der Waals surface area contributed by atoms with Gasteiger partial charge in [-0.3, -0.25) is 0 Å². The van der Waals surface area contributed by atoms with E-state index in [0.29, 0.717) is 35.6 Å². The lowest BCUT2D eigenvalue weighted by Crippen LogP contribution is -2.62. The van der Waals surface area contributed by atoms with Gasteiger partial charge in [0.05, 0.1) is 0 Å². The number of benzene rings is 1. The van der Waals surface area contributed by atoms with E-state index in [9.17, 15) is 9.59 Å². The highest BCUT2D eigenvalue weighted by molar-refractivity contribution is 5.88. The van der Waals surface area contributed by atoms with Gasteiger partial charge in [0.15, 0.2) is 11.2 Å². The number of fused-ring (bicyclic) bond motifs is 2. The van der Waals surface area contributed by atoms with Crippen molar-refractivity contribution in [2.24, 2.45) is 0 Å². The van der Waals surface area contributed by atoms with Crippen LogP contribution < -0.4 is 16.1 Å². The molecule has 7 heteroatoms. The van der Waals surface area contributed by atoms with E-state index in [-0.39, 0.29) is 11.9 Å². The minimum Gasteiger partial charge on any atom is -0.481 e. The fourth-order valence-corrected chi connectivity index (χ4v) is 4.96. The molecule has 1 aliphatic carbocycles. The summed E-state index contributed by atoms with van der Waals surface area (Å²) < 4.78 is 18.3. The van der Waals surface area contributed by atoms with Gasteiger partial charge in [-0.05, 0) is 50.1 Å². The second-order valence-electron chi connectivity index (χ2n) is 9.14. The number of hydrogen-bond donors (Lipinski definition) is 1. The summed E-state index contributed by atoms with van der Waals surface area (Å²) in [6.45, 7) is 5.46. The van der Waals surface area contributed by atoms with Crippen molar-refractivity contribution in [3.63, 3.8) is 0 Å². The maximum Gasteiger partial charge on any atom is 0.336 e. The average molecular weight is 459 g/mol. The first-order valence-electron chi connectivity index (χ1n) is 11.2. The van der Waals surface area contributed by atoms with Crippen molar-refractivity contribution in [2.75, 3.05) is 5.73 Å². The lowest BCUT2D eigenvalue weighted by atomic mass is 9.65. The van der Waals surface area contributed by atoms with Crippen LogP contribution in [-0.4, -0.2) is 22.2 Å². The number of allylic oxidation sites excluding steroid dienone is 1. The lowest BCUT2D eigenvalue weighted by Gasteiger charge is -2.50. The van der Waals surface area contributed by atoms with Crippen LogP contribution in [0.15, 0.2) is 75.6 Å². The zero-order chi connectivity index (χ0) is 24.1. The highest BCUT2D eigenvalue weighted by atomic mass is 16.6. The number of carbonyl (C=O) groups excluding carboxylic acids is 1. The van der Waals surface area contributed by atoms with Crippen molar-refractivity contribution >= 4 is 22.8 Å². The minimum absolute atomic E-state index is 0.263. The summed E-state index contributed by atoms with van der Waals surface area (Å²) in [5, 5.41) is 0.805. The average Bonchev–Trinajstić information content (AvgIpc) is 3.19. The van der Waals surface area contributed by atoms with Gasteiger partial charge in [0.2, 0.25) is 0 Å². The predicted molar refractivity (Wildman–Crippen MR) is 129 cm³/mol. The van der Waals surface area contributed by atoms with Gasteiger partial charge in [0.25, 0.3) is 0 Å². The van der Waals surface area contributed by atoms with Gasteiger partial charge < -0.3 is 19.6 Å². The van der Waals surface area contributed by atoms with Crippen molar-refractivity contribution in [1.29, 1.82) is 0 Å². The largest absolute Gasteiger partial charge is 0.481 e. The Hall–Kier alpha value is -3.87. The Morgan fingerprint density at radius 1 is 1.26 bits per heavy atom. The predicted octanol–water partition coefficient (Wildman–Crippen LogP) is 4.46. The van der Waals surface area contributed by atoms with Crippen LogP contribution in [-0.2, 0) is 16.0 Å². The van der Waals surface area contributed by atoms with E-state index in [1.165, 1.54) is 6.07 Å². The molecule has 3 unspecified atom stereocenters. The third-order valence-electron chi connectivity index (χ3n) is 7.02. The number of carbonyl (C=O) groups is 1. The van der Waals surface area contributed by atoms with Crippen LogP contribution >= 0.6 is 0 Å². The lowest BCUT2D eigenvalue weighted by molar-refractivity contribution is -0.182. The molecule has 34 heavy (non-hydrogen) atoms. The number of ether oxygens (including phenoxy) is 2. The number of aromatic nitrogens is 1. The van der Waals surface area contributed by atoms with Crippen LogP contribution in [0, 0.1) is 0 Å². The maximum atomic E-state index is 12.9. The Balaban J connectivity index is 1.66. The van der Waals surface area contributed by atoms with Gasteiger partial charge in [-0.25, -0.2) is 14.6 Å². The van der Waals surface area contributed by atoms with E-state index in [4.69, 9.17) is 19.6 Å². The van der Waals surface area contributed by atoms with Crippen LogP contribution in [0.2, 0.25) is 0 Å². The van der Waals surface area contributed by atoms with Crippen LogP contribution in [0.3, 0.4) is 0 Å². The molecule has 174 valence electrons. The summed E-state index contributed by atoms with van der Waals surface area (Å²) in [6.07, 6.45) is 8.55. The first kappa shape index (κ1) is 21.9. The molecule has 1 aromatic carbocycles. The molecule has 1 aliphatic heterocycles. The van der Waals surface area contributed by atoms with Crippen LogP contribution in [0.25, 0.3) is 11.0 Å². The molecule has 2 aromatic heterocycles. The van der Waals surface area contributed by atoms with Gasteiger partial charge in [-0.15, -0.1) is 0 Å². The number of nitrogens with zero attached hydrogens (tertiary/aromatic N) is 1. The Bertz CT molecular complexity index is 1400. The fourth-order valence-electron chi connectivity index (χ4n) is 4.96. The number of esters is 1. The van der Waals surface area contributed by atoms with Gasteiger partial charge in [-0.1, -0.05) is 24.3 Å². The van der Waals surface area contributed by atoms with Crippen LogP contribution in [0.5, 0.6) is 5.75 Å². The molecule has 0 saturated carbocycles. The highest BCUT2D eigenvalue weighted by Crippen LogP contribution is 2.54. The van der Waals surface area contributed by atoms with Crippen molar-refractivity contribution in [3.05, 3.63) is 87.9 Å². The Labute approximate surface area is 196 Å². The summed E-state index contributed by atoms with van der Waals surface area (Å²) in [5.41, 5.74) is 6.32. The molecule has 0 amide bonds. The Kier molecular flexibility index (Phi) is 5.08. The fraction of sp³-hybridized carbons (Fsp3) is 0.296. The number of rotatable bonds is 3. The molecule has 7 nitrogen and oxygen atoms in total. The zero-order valence-corrected chi connectivity index (χ0v) is 19.3. The number of anilines is 1. The van der Waals surface area contributed by atoms with E-state index in [1.54, 1.807) is 44.3 Å². The molecule has 3 atom stereocenters. The summed E-state index contributed by atoms with van der Waals surface area (Å²) in [6, 6.07) is 10.5. The van der Waals surface area contributed by atoms with Gasteiger partial charge in [-0.2, -0.15) is 0 Å². The second kappa shape index (κ2) is 7.87. The van der Waals surface area contributed by atoms with Gasteiger partial charge in [0, 0.05) is 48.0 Å². The van der Waals surface area contributed by atoms with Gasteiger partial charge >= 0.3 is 11.6 Å². The molecular weight excluding hydrogens is 432 g/mol. The molecule has 1 spiro atoms. The minimum atomic E-state index is -0.985. The number of pyridine rings is 1. The topological polar surface area (TPSA) is 105 Å². The third kappa shape index (κ3) is 3.39. The Morgan fingerprint density at radius 3 is 2.82 bits per heavy atom. The molecule has 3 aromatic rings. The van der Waals surface area contributed by atoms with Crippen molar-refractivity contribution < 1.29 is 18.7 Å². The second-order valence-corrected chi connectivity index (χ2v) is 9.14. The molecule has 0 radical (unpaired) electrons. The quantitative estimate of drug-likeness (QED) is 0.267. The smallest absolute Gasteiger partial charge is 0.336 e.